The van der Waals surface area contributed by atoms with E-state index in [4.69, 9.17) is 0 Å². The number of thioether (sulfide) groups is 1. The fraction of sp³-hybridized carbons (Fsp3) is 0.700. The van der Waals surface area contributed by atoms with Gasteiger partial charge < -0.3 is 0 Å². The number of hydrogen-bond acceptors (Lipinski definition) is 2. The van der Waals surface area contributed by atoms with E-state index < -0.39 is 0 Å². The van der Waals surface area contributed by atoms with Crippen LogP contribution in [-0.4, -0.2) is 15.5 Å². The normalized spacial score (nSPS) is 21.6. The van der Waals surface area contributed by atoms with Crippen molar-refractivity contribution in [1.29, 1.82) is 0 Å². The highest BCUT2D eigenvalue weighted by Gasteiger charge is 2.29. The molecule has 3 heteroatoms. The second-order valence-electron chi connectivity index (χ2n) is 3.99. The minimum Gasteiger partial charge on any atom is -0.266 e. The first kappa shape index (κ1) is 7.92. The van der Waals surface area contributed by atoms with Crippen molar-refractivity contribution in [3.05, 3.63) is 17.0 Å². The fourth-order valence-electron chi connectivity index (χ4n) is 2.05. The second-order valence-corrected chi connectivity index (χ2v) is 5.09. The average molecular weight is 194 g/mol. The molecule has 1 aliphatic heterocycles. The molecule has 0 saturated heterocycles. The molecule has 70 valence electrons. The molecule has 2 nitrogen and oxygen atoms in total. The third kappa shape index (κ3) is 1.21. The van der Waals surface area contributed by atoms with Gasteiger partial charge in [-0.05, 0) is 31.9 Å². The van der Waals surface area contributed by atoms with Gasteiger partial charge in [-0.1, -0.05) is 0 Å². The molecular weight excluding hydrogens is 180 g/mol. The molecule has 1 aromatic rings. The van der Waals surface area contributed by atoms with Crippen LogP contribution in [0.4, 0.5) is 0 Å². The van der Waals surface area contributed by atoms with Crippen LogP contribution in [0.15, 0.2) is 0 Å². The van der Waals surface area contributed by atoms with E-state index in [0.717, 1.165) is 6.04 Å². The first-order chi connectivity index (χ1) is 6.36. The highest BCUT2D eigenvalue weighted by Crippen LogP contribution is 2.38. The zero-order valence-corrected chi connectivity index (χ0v) is 8.73. The van der Waals surface area contributed by atoms with Crippen LogP contribution in [0.25, 0.3) is 0 Å². The van der Waals surface area contributed by atoms with E-state index in [1.807, 2.05) is 11.8 Å². The summed E-state index contributed by atoms with van der Waals surface area (Å²) in [6, 6.07) is 0.755. The molecule has 1 aliphatic carbocycles. The Morgan fingerprint density at radius 1 is 1.46 bits per heavy atom. The van der Waals surface area contributed by atoms with Crippen molar-refractivity contribution < 1.29 is 0 Å². The molecule has 0 radical (unpaired) electrons. The highest BCUT2D eigenvalue weighted by molar-refractivity contribution is 7.98. The van der Waals surface area contributed by atoms with Crippen molar-refractivity contribution in [3.63, 3.8) is 0 Å². The summed E-state index contributed by atoms with van der Waals surface area (Å²) in [7, 11) is 0. The Labute approximate surface area is 82.7 Å². The maximum atomic E-state index is 4.66. The van der Waals surface area contributed by atoms with Crippen LogP contribution in [0.1, 0.15) is 35.8 Å². The molecule has 1 fully saturated rings. The quantitative estimate of drug-likeness (QED) is 0.683. The van der Waals surface area contributed by atoms with Gasteiger partial charge in [0.1, 0.15) is 0 Å². The molecule has 2 aliphatic rings. The predicted molar refractivity (Wildman–Crippen MR) is 55.1 cm³/mol. The molecule has 3 rings (SSSR count). The maximum Gasteiger partial charge on any atom is 0.0637 e. The minimum absolute atomic E-state index is 0.755. The van der Waals surface area contributed by atoms with Gasteiger partial charge >= 0.3 is 0 Å². The van der Waals surface area contributed by atoms with E-state index >= 15 is 0 Å². The lowest BCUT2D eigenvalue weighted by molar-refractivity contribution is 0.604. The van der Waals surface area contributed by atoms with Crippen LogP contribution < -0.4 is 0 Å². The molecule has 1 aromatic heterocycles. The molecule has 0 bridgehead atoms. The number of aryl methyl sites for hydroxylation is 1. The van der Waals surface area contributed by atoms with Crippen molar-refractivity contribution in [2.45, 2.75) is 38.0 Å². The number of hydrogen-bond donors (Lipinski definition) is 0. The van der Waals surface area contributed by atoms with E-state index in [1.54, 1.807) is 5.69 Å². The fourth-order valence-corrected chi connectivity index (χ4v) is 3.11. The van der Waals surface area contributed by atoms with Crippen molar-refractivity contribution >= 4 is 11.8 Å². The minimum atomic E-state index is 0.755. The smallest absolute Gasteiger partial charge is 0.0637 e. The van der Waals surface area contributed by atoms with Crippen molar-refractivity contribution in [1.82, 2.24) is 9.78 Å². The van der Waals surface area contributed by atoms with Crippen LogP contribution in [0.5, 0.6) is 0 Å². The van der Waals surface area contributed by atoms with E-state index in [-0.39, 0.29) is 0 Å². The van der Waals surface area contributed by atoms with E-state index in [9.17, 15) is 0 Å². The highest BCUT2D eigenvalue weighted by atomic mass is 32.2. The van der Waals surface area contributed by atoms with Gasteiger partial charge in [0.15, 0.2) is 0 Å². The number of aromatic nitrogens is 2. The van der Waals surface area contributed by atoms with Gasteiger partial charge in [-0.3, -0.25) is 4.68 Å². The average Bonchev–Trinajstić information content (AvgIpc) is 2.94. The molecule has 0 unspecified atom stereocenters. The first-order valence-electron chi connectivity index (χ1n) is 5.01. The molecule has 0 spiro atoms. The predicted octanol–water partition coefficient (Wildman–Crippen LogP) is 2.32. The monoisotopic (exact) mass is 194 g/mol. The lowest BCUT2D eigenvalue weighted by Crippen LogP contribution is -2.08. The van der Waals surface area contributed by atoms with Gasteiger partial charge in [-0.2, -0.15) is 16.9 Å². The van der Waals surface area contributed by atoms with Gasteiger partial charge in [-0.25, -0.2) is 0 Å². The Bertz CT molecular complexity index is 339. The van der Waals surface area contributed by atoms with Gasteiger partial charge in [-0.15, -0.1) is 0 Å². The maximum absolute atomic E-state index is 4.66. The Kier molecular flexibility index (Phi) is 1.69. The number of rotatable bonds is 1. The van der Waals surface area contributed by atoms with E-state index in [1.165, 1.54) is 42.0 Å². The molecule has 13 heavy (non-hydrogen) atoms. The van der Waals surface area contributed by atoms with Crippen LogP contribution in [0, 0.1) is 6.92 Å². The van der Waals surface area contributed by atoms with Crippen molar-refractivity contribution in [2.24, 2.45) is 0 Å². The molecule has 2 heterocycles. The Hall–Kier alpha value is -0.440. The molecular formula is C10H14N2S. The van der Waals surface area contributed by atoms with Gasteiger partial charge in [0.05, 0.1) is 11.7 Å². The summed E-state index contributed by atoms with van der Waals surface area (Å²) in [5, 5.41) is 4.66. The van der Waals surface area contributed by atoms with Crippen LogP contribution in [0.3, 0.4) is 0 Å². The number of nitrogens with zero attached hydrogens (tertiary/aromatic N) is 2. The van der Waals surface area contributed by atoms with Gasteiger partial charge in [0.25, 0.3) is 0 Å². The van der Waals surface area contributed by atoms with Crippen molar-refractivity contribution in [2.75, 3.05) is 5.75 Å². The third-order valence-corrected chi connectivity index (χ3v) is 3.93. The van der Waals surface area contributed by atoms with E-state index in [0.29, 0.717) is 0 Å². The summed E-state index contributed by atoms with van der Waals surface area (Å²) in [5.74, 6) is 2.47. The Morgan fingerprint density at radius 2 is 2.31 bits per heavy atom. The summed E-state index contributed by atoms with van der Waals surface area (Å²) in [6.45, 7) is 2.16. The summed E-state index contributed by atoms with van der Waals surface area (Å²) in [5.41, 5.74) is 4.34. The zero-order chi connectivity index (χ0) is 8.84. The van der Waals surface area contributed by atoms with Gasteiger partial charge in [0.2, 0.25) is 0 Å². The molecule has 0 amide bonds. The largest absolute Gasteiger partial charge is 0.266 e. The summed E-state index contributed by atoms with van der Waals surface area (Å²) in [6.07, 6.45) is 3.93. The topological polar surface area (TPSA) is 17.8 Å². The second kappa shape index (κ2) is 2.77. The summed E-state index contributed by atoms with van der Waals surface area (Å²) in [4.78, 5) is 0. The van der Waals surface area contributed by atoms with Crippen LogP contribution in [-0.2, 0) is 12.2 Å². The standard InChI is InChI=1S/C10H14N2S/c1-7-9-6-13-5-4-10(9)12(11-7)8-2-3-8/h8H,2-6H2,1H3. The van der Waals surface area contributed by atoms with Crippen molar-refractivity contribution in [3.8, 4) is 0 Å². The molecule has 0 aromatic carbocycles. The summed E-state index contributed by atoms with van der Waals surface area (Å²) < 4.78 is 2.31. The number of fused-ring (bicyclic) bond motifs is 1. The Morgan fingerprint density at radius 3 is 3.08 bits per heavy atom. The lowest BCUT2D eigenvalue weighted by atomic mass is 10.2. The van der Waals surface area contributed by atoms with E-state index in [2.05, 4.69) is 16.7 Å². The van der Waals surface area contributed by atoms with Gasteiger partial charge in [0, 0.05) is 17.0 Å². The zero-order valence-electron chi connectivity index (χ0n) is 7.92. The SMILES string of the molecule is Cc1nn(C2CC2)c2c1CSCC2. The molecule has 0 N–H and O–H groups in total. The lowest BCUT2D eigenvalue weighted by Gasteiger charge is -2.13. The molecule has 1 saturated carbocycles. The first-order valence-corrected chi connectivity index (χ1v) is 6.16. The van der Waals surface area contributed by atoms with Crippen LogP contribution >= 0.6 is 11.8 Å². The Balaban J connectivity index is 2.09. The molecule has 0 atom stereocenters. The van der Waals surface area contributed by atoms with Crippen LogP contribution in [0.2, 0.25) is 0 Å². The third-order valence-electron chi connectivity index (χ3n) is 2.94. The summed E-state index contributed by atoms with van der Waals surface area (Å²) >= 11 is 2.04.